The third-order valence-corrected chi connectivity index (χ3v) is 5.95. The number of carbonyl (C=O) groups is 1. The van der Waals surface area contributed by atoms with E-state index in [0.29, 0.717) is 12.1 Å². The van der Waals surface area contributed by atoms with Gasteiger partial charge in [-0.05, 0) is 42.3 Å². The quantitative estimate of drug-likeness (QED) is 0.527. The molecule has 0 saturated carbocycles. The Morgan fingerprint density at radius 3 is 2.32 bits per heavy atom. The van der Waals surface area contributed by atoms with Crippen LogP contribution in [-0.4, -0.2) is 24.1 Å². The van der Waals surface area contributed by atoms with E-state index in [0.717, 1.165) is 6.07 Å². The third-order valence-electron chi connectivity index (χ3n) is 4.50. The number of aromatic nitrogens is 1. The van der Waals surface area contributed by atoms with Crippen LogP contribution in [0.5, 0.6) is 0 Å². The largest absolute Gasteiger partial charge is 0.478 e. The number of sulfonamides is 1. The first-order valence-electron chi connectivity index (χ1n) is 8.87. The summed E-state index contributed by atoms with van der Waals surface area (Å²) >= 11 is 0. The number of alkyl halides is 3. The van der Waals surface area contributed by atoms with Crippen LogP contribution in [0.1, 0.15) is 28.4 Å². The van der Waals surface area contributed by atoms with Crippen molar-refractivity contribution in [2.45, 2.75) is 24.4 Å². The number of carboxylic acids is 1. The molecular formula is C20H16F4N2O4S. The van der Waals surface area contributed by atoms with Crippen LogP contribution in [0.25, 0.3) is 5.69 Å². The maximum Gasteiger partial charge on any atom is 0.419 e. The summed E-state index contributed by atoms with van der Waals surface area (Å²) in [6, 6.07) is 7.47. The summed E-state index contributed by atoms with van der Waals surface area (Å²) in [5.74, 6) is -2.94. The van der Waals surface area contributed by atoms with Crippen molar-refractivity contribution < 1.29 is 35.9 Å². The minimum atomic E-state index is -5.06. The van der Waals surface area contributed by atoms with Gasteiger partial charge in [-0.25, -0.2) is 17.6 Å². The second-order valence-corrected chi connectivity index (χ2v) is 8.17. The van der Waals surface area contributed by atoms with E-state index in [2.05, 4.69) is 4.72 Å². The predicted molar refractivity (Wildman–Crippen MR) is 104 cm³/mol. The lowest BCUT2D eigenvalue weighted by atomic mass is 10.1. The molecule has 2 aromatic carbocycles. The van der Waals surface area contributed by atoms with Crippen LogP contribution >= 0.6 is 0 Å². The average Bonchev–Trinajstić information content (AvgIpc) is 3.22. The molecule has 0 aliphatic rings. The van der Waals surface area contributed by atoms with Crippen LogP contribution < -0.4 is 4.72 Å². The highest BCUT2D eigenvalue weighted by molar-refractivity contribution is 7.92. The zero-order valence-corrected chi connectivity index (χ0v) is 16.8. The Kier molecular flexibility index (Phi) is 5.81. The fourth-order valence-corrected chi connectivity index (χ4v) is 4.40. The van der Waals surface area contributed by atoms with Crippen molar-refractivity contribution in [3.63, 3.8) is 0 Å². The fourth-order valence-electron chi connectivity index (χ4n) is 3.00. The van der Waals surface area contributed by atoms with Crippen LogP contribution in [0.2, 0.25) is 0 Å². The van der Waals surface area contributed by atoms with E-state index in [9.17, 15) is 30.8 Å². The second kappa shape index (κ2) is 8.06. The molecule has 0 radical (unpaired) electrons. The first-order chi connectivity index (χ1) is 14.4. The van der Waals surface area contributed by atoms with Gasteiger partial charge in [0, 0.05) is 18.5 Å². The van der Waals surface area contributed by atoms with Gasteiger partial charge in [0.2, 0.25) is 0 Å². The SMILES string of the molecule is CCc1ccc(C(=O)O)cc1S(=O)(=O)Nc1cc(C(F)(F)F)c(F)cc1-n1cccc1. The number of aryl methyl sites for hydroxylation is 1. The molecule has 0 bridgehead atoms. The monoisotopic (exact) mass is 456 g/mol. The van der Waals surface area contributed by atoms with E-state index in [1.54, 1.807) is 6.92 Å². The van der Waals surface area contributed by atoms with Gasteiger partial charge in [0.15, 0.2) is 0 Å². The van der Waals surface area contributed by atoms with Crippen molar-refractivity contribution in [1.82, 2.24) is 4.57 Å². The summed E-state index contributed by atoms with van der Waals surface area (Å²) in [5, 5.41) is 9.17. The van der Waals surface area contributed by atoms with E-state index in [-0.39, 0.29) is 23.2 Å². The normalized spacial score (nSPS) is 12.0. The van der Waals surface area contributed by atoms with Gasteiger partial charge in [-0.15, -0.1) is 0 Å². The molecule has 6 nitrogen and oxygen atoms in total. The molecule has 1 heterocycles. The number of aromatic carboxylic acids is 1. The van der Waals surface area contributed by atoms with E-state index in [1.807, 2.05) is 0 Å². The molecule has 0 saturated heterocycles. The van der Waals surface area contributed by atoms with Gasteiger partial charge < -0.3 is 9.67 Å². The molecule has 3 aromatic rings. The summed E-state index contributed by atoms with van der Waals surface area (Å²) in [5.41, 5.74) is -2.38. The average molecular weight is 456 g/mol. The Bertz CT molecular complexity index is 1240. The highest BCUT2D eigenvalue weighted by atomic mass is 32.2. The Morgan fingerprint density at radius 1 is 1.13 bits per heavy atom. The Balaban J connectivity index is 2.19. The summed E-state index contributed by atoms with van der Waals surface area (Å²) in [6.07, 6.45) is -2.03. The number of benzene rings is 2. The number of rotatable bonds is 6. The Labute approximate surface area is 174 Å². The van der Waals surface area contributed by atoms with Crippen LogP contribution in [0.15, 0.2) is 59.8 Å². The van der Waals surface area contributed by atoms with Crippen LogP contribution in [0.3, 0.4) is 0 Å². The molecule has 0 aliphatic heterocycles. The van der Waals surface area contributed by atoms with Crippen molar-refractivity contribution >= 4 is 21.7 Å². The zero-order chi connectivity index (χ0) is 23.0. The summed E-state index contributed by atoms with van der Waals surface area (Å²) in [6.45, 7) is 1.64. The summed E-state index contributed by atoms with van der Waals surface area (Å²) in [7, 11) is -4.52. The minimum Gasteiger partial charge on any atom is -0.478 e. The molecule has 3 rings (SSSR count). The van der Waals surface area contributed by atoms with Crippen molar-refractivity contribution in [1.29, 1.82) is 0 Å². The number of hydrogen-bond acceptors (Lipinski definition) is 3. The van der Waals surface area contributed by atoms with E-state index >= 15 is 0 Å². The van der Waals surface area contributed by atoms with Crippen molar-refractivity contribution in [3.05, 3.63) is 77.4 Å². The molecule has 0 aliphatic carbocycles. The highest BCUT2D eigenvalue weighted by Gasteiger charge is 2.36. The third kappa shape index (κ3) is 4.55. The molecule has 0 fully saturated rings. The zero-order valence-electron chi connectivity index (χ0n) is 15.9. The molecular weight excluding hydrogens is 440 g/mol. The first-order valence-corrected chi connectivity index (χ1v) is 10.4. The van der Waals surface area contributed by atoms with E-state index in [4.69, 9.17) is 5.11 Å². The highest BCUT2D eigenvalue weighted by Crippen LogP contribution is 2.36. The number of nitrogens with one attached hydrogen (secondary N) is 1. The Hall–Kier alpha value is -3.34. The lowest BCUT2D eigenvalue weighted by molar-refractivity contribution is -0.139. The maximum absolute atomic E-state index is 14.2. The maximum atomic E-state index is 14.2. The lowest BCUT2D eigenvalue weighted by Gasteiger charge is -2.18. The summed E-state index contributed by atoms with van der Waals surface area (Å²) in [4.78, 5) is 10.9. The molecule has 0 atom stereocenters. The van der Waals surface area contributed by atoms with Crippen LogP contribution in [0.4, 0.5) is 23.2 Å². The molecule has 0 amide bonds. The van der Waals surface area contributed by atoms with Crippen molar-refractivity contribution in [2.24, 2.45) is 0 Å². The first kappa shape index (κ1) is 22.3. The van der Waals surface area contributed by atoms with Gasteiger partial charge in [-0.1, -0.05) is 13.0 Å². The number of hydrogen-bond donors (Lipinski definition) is 2. The number of halogens is 4. The molecule has 2 N–H and O–H groups in total. The molecule has 0 unspecified atom stereocenters. The fraction of sp³-hybridized carbons (Fsp3) is 0.150. The van der Waals surface area contributed by atoms with Gasteiger partial charge in [-0.3, -0.25) is 4.72 Å². The van der Waals surface area contributed by atoms with Crippen molar-refractivity contribution in [3.8, 4) is 5.69 Å². The topological polar surface area (TPSA) is 88.4 Å². The van der Waals surface area contributed by atoms with Gasteiger partial charge in [0.25, 0.3) is 10.0 Å². The van der Waals surface area contributed by atoms with Crippen LogP contribution in [-0.2, 0) is 22.6 Å². The molecule has 0 spiro atoms. The molecule has 164 valence electrons. The predicted octanol–water partition coefficient (Wildman–Crippen LogP) is 4.70. The lowest BCUT2D eigenvalue weighted by Crippen LogP contribution is -2.19. The number of nitrogens with zero attached hydrogens (tertiary/aromatic N) is 1. The molecule has 1 aromatic heterocycles. The number of carboxylic acid groups (broad SMARTS) is 1. The van der Waals surface area contributed by atoms with Gasteiger partial charge in [0.05, 0.1) is 27.4 Å². The van der Waals surface area contributed by atoms with Gasteiger partial charge in [-0.2, -0.15) is 13.2 Å². The van der Waals surface area contributed by atoms with Crippen molar-refractivity contribution in [2.75, 3.05) is 4.72 Å². The van der Waals surface area contributed by atoms with E-state index < -0.39 is 44.1 Å². The summed E-state index contributed by atoms with van der Waals surface area (Å²) < 4.78 is 83.2. The minimum absolute atomic E-state index is 0.175. The van der Waals surface area contributed by atoms with Crippen LogP contribution in [0, 0.1) is 5.82 Å². The standard InChI is InChI=1S/C20H16F4N2O4S/c1-2-12-5-6-13(19(27)28)9-18(12)31(29,30)25-16-10-14(20(22,23)24)15(21)11-17(16)26-7-3-4-8-26/h3-11,25H,2H2,1H3,(H,27,28). The Morgan fingerprint density at radius 2 is 1.77 bits per heavy atom. The smallest absolute Gasteiger partial charge is 0.419 e. The molecule has 31 heavy (non-hydrogen) atoms. The number of anilines is 1. The van der Waals surface area contributed by atoms with E-state index in [1.165, 1.54) is 41.2 Å². The van der Waals surface area contributed by atoms with Gasteiger partial charge >= 0.3 is 12.1 Å². The molecule has 11 heteroatoms. The second-order valence-electron chi connectivity index (χ2n) is 6.52. The van der Waals surface area contributed by atoms with Gasteiger partial charge in [0.1, 0.15) is 5.82 Å².